The normalized spacial score (nSPS) is 10.2. The van der Waals surface area contributed by atoms with Gasteiger partial charge in [-0.1, -0.05) is 6.07 Å². The van der Waals surface area contributed by atoms with Crippen molar-refractivity contribution in [1.82, 2.24) is 14.5 Å². The van der Waals surface area contributed by atoms with Crippen LogP contribution in [-0.4, -0.2) is 39.4 Å². The van der Waals surface area contributed by atoms with Crippen LogP contribution in [0.4, 0.5) is 5.69 Å². The van der Waals surface area contributed by atoms with Crippen LogP contribution < -0.4 is 0 Å². The lowest BCUT2D eigenvalue weighted by Gasteiger charge is -2.06. The number of rotatable bonds is 3. The highest BCUT2D eigenvalue weighted by Crippen LogP contribution is 2.17. The summed E-state index contributed by atoms with van der Waals surface area (Å²) in [6.45, 7) is 0. The number of non-ortho nitro benzene ring substituents is 1. The topological polar surface area (TPSA) is 81.3 Å². The first-order valence-corrected chi connectivity index (χ1v) is 5.49. The van der Waals surface area contributed by atoms with Gasteiger partial charge in [0.15, 0.2) is 0 Å². The first kappa shape index (κ1) is 12.7. The Balaban J connectivity index is 2.35. The summed E-state index contributed by atoms with van der Waals surface area (Å²) in [7, 11) is 3.27. The number of nitrogens with zero attached hydrogens (tertiary/aromatic N) is 4. The van der Waals surface area contributed by atoms with Crippen LogP contribution >= 0.6 is 0 Å². The van der Waals surface area contributed by atoms with Crippen molar-refractivity contribution in [3.8, 4) is 5.69 Å². The van der Waals surface area contributed by atoms with Crippen LogP contribution in [0.15, 0.2) is 36.8 Å². The summed E-state index contributed by atoms with van der Waals surface area (Å²) in [6, 6.07) is 6.12. The minimum atomic E-state index is -0.466. The van der Waals surface area contributed by atoms with E-state index in [0.717, 1.165) is 0 Å². The van der Waals surface area contributed by atoms with Gasteiger partial charge in [-0.05, 0) is 6.07 Å². The lowest BCUT2D eigenvalue weighted by Crippen LogP contribution is -2.21. The first-order chi connectivity index (χ1) is 8.99. The second kappa shape index (κ2) is 4.89. The number of aromatic nitrogens is 2. The van der Waals surface area contributed by atoms with Gasteiger partial charge >= 0.3 is 0 Å². The summed E-state index contributed by atoms with van der Waals surface area (Å²) in [5, 5.41) is 10.7. The van der Waals surface area contributed by atoms with E-state index in [9.17, 15) is 14.9 Å². The van der Waals surface area contributed by atoms with Crippen molar-refractivity contribution in [3.63, 3.8) is 0 Å². The molecule has 7 heteroatoms. The SMILES string of the molecule is CN(C)C(=O)c1cn(-c2cccc([N+](=O)[O-])c2)cn1. The molecule has 0 aliphatic rings. The predicted molar refractivity (Wildman–Crippen MR) is 68.2 cm³/mol. The zero-order valence-electron chi connectivity index (χ0n) is 10.5. The Morgan fingerprint density at radius 2 is 2.16 bits per heavy atom. The maximum Gasteiger partial charge on any atom is 0.273 e. The maximum absolute atomic E-state index is 11.7. The second-order valence-corrected chi connectivity index (χ2v) is 4.14. The molecule has 0 spiro atoms. The molecule has 1 aromatic heterocycles. The minimum Gasteiger partial charge on any atom is -0.343 e. The Labute approximate surface area is 109 Å². The molecule has 2 aromatic rings. The zero-order chi connectivity index (χ0) is 14.0. The van der Waals surface area contributed by atoms with E-state index in [1.54, 1.807) is 37.0 Å². The van der Waals surface area contributed by atoms with Gasteiger partial charge < -0.3 is 9.47 Å². The highest BCUT2D eigenvalue weighted by molar-refractivity contribution is 5.91. The summed E-state index contributed by atoms with van der Waals surface area (Å²) in [6.07, 6.45) is 3.00. The van der Waals surface area contributed by atoms with Gasteiger partial charge in [0.1, 0.15) is 12.0 Å². The van der Waals surface area contributed by atoms with E-state index >= 15 is 0 Å². The first-order valence-electron chi connectivity index (χ1n) is 5.49. The summed E-state index contributed by atoms with van der Waals surface area (Å²) >= 11 is 0. The van der Waals surface area contributed by atoms with Crippen LogP contribution in [0.5, 0.6) is 0 Å². The molecule has 2 rings (SSSR count). The van der Waals surface area contributed by atoms with Crippen molar-refractivity contribution in [3.05, 3.63) is 52.6 Å². The molecule has 0 saturated heterocycles. The highest BCUT2D eigenvalue weighted by Gasteiger charge is 2.13. The molecule has 0 unspecified atom stereocenters. The number of amides is 1. The Bertz CT molecular complexity index is 633. The number of benzene rings is 1. The largest absolute Gasteiger partial charge is 0.343 e. The van der Waals surface area contributed by atoms with E-state index in [4.69, 9.17) is 0 Å². The molecule has 19 heavy (non-hydrogen) atoms. The summed E-state index contributed by atoms with van der Waals surface area (Å²) in [4.78, 5) is 27.4. The Hall–Kier alpha value is -2.70. The zero-order valence-corrected chi connectivity index (χ0v) is 10.5. The predicted octanol–water partition coefficient (Wildman–Crippen LogP) is 1.48. The third-order valence-electron chi connectivity index (χ3n) is 2.55. The number of carbonyl (C=O) groups is 1. The average molecular weight is 260 g/mol. The van der Waals surface area contributed by atoms with Gasteiger partial charge in [-0.2, -0.15) is 0 Å². The van der Waals surface area contributed by atoms with Crippen molar-refractivity contribution in [2.24, 2.45) is 0 Å². The van der Waals surface area contributed by atoms with Crippen LogP contribution in [0.2, 0.25) is 0 Å². The smallest absolute Gasteiger partial charge is 0.273 e. The van der Waals surface area contributed by atoms with Crippen LogP contribution in [0.1, 0.15) is 10.5 Å². The molecule has 98 valence electrons. The number of nitro groups is 1. The standard InChI is InChI=1S/C12H12N4O3/c1-14(2)12(17)11-7-15(8-13-11)9-4-3-5-10(6-9)16(18)19/h3-8H,1-2H3. The van der Waals surface area contributed by atoms with Gasteiger partial charge in [0.05, 0.1) is 10.6 Å². The maximum atomic E-state index is 11.7. The van der Waals surface area contributed by atoms with Gasteiger partial charge in [-0.3, -0.25) is 14.9 Å². The molecular formula is C12H12N4O3. The molecule has 0 atom stereocenters. The fourth-order valence-electron chi connectivity index (χ4n) is 1.57. The lowest BCUT2D eigenvalue weighted by molar-refractivity contribution is -0.384. The van der Waals surface area contributed by atoms with E-state index < -0.39 is 4.92 Å². The Kier molecular flexibility index (Phi) is 3.28. The van der Waals surface area contributed by atoms with Crippen molar-refractivity contribution in [1.29, 1.82) is 0 Å². The quantitative estimate of drug-likeness (QED) is 0.618. The molecule has 1 aromatic carbocycles. The molecule has 0 fully saturated rings. The number of nitro benzene ring substituents is 1. The van der Waals surface area contributed by atoms with E-state index in [1.807, 2.05) is 0 Å². The van der Waals surface area contributed by atoms with Crippen LogP contribution in [-0.2, 0) is 0 Å². The Morgan fingerprint density at radius 1 is 1.42 bits per heavy atom. The molecule has 1 amide bonds. The van der Waals surface area contributed by atoms with Crippen LogP contribution in [0.3, 0.4) is 0 Å². The second-order valence-electron chi connectivity index (χ2n) is 4.14. The van der Waals surface area contributed by atoms with Crippen molar-refractivity contribution >= 4 is 11.6 Å². The highest BCUT2D eigenvalue weighted by atomic mass is 16.6. The molecule has 0 saturated carbocycles. The molecule has 0 N–H and O–H groups in total. The van der Waals surface area contributed by atoms with E-state index in [2.05, 4.69) is 4.98 Å². The molecule has 0 aliphatic heterocycles. The van der Waals surface area contributed by atoms with Crippen molar-refractivity contribution in [2.75, 3.05) is 14.1 Å². The van der Waals surface area contributed by atoms with E-state index in [0.29, 0.717) is 5.69 Å². The average Bonchev–Trinajstić information content (AvgIpc) is 2.87. The van der Waals surface area contributed by atoms with Crippen LogP contribution in [0, 0.1) is 10.1 Å². The lowest BCUT2D eigenvalue weighted by atomic mass is 10.3. The molecular weight excluding hydrogens is 248 g/mol. The van der Waals surface area contributed by atoms with Gasteiger partial charge in [0.2, 0.25) is 0 Å². The van der Waals surface area contributed by atoms with Gasteiger partial charge in [-0.15, -0.1) is 0 Å². The molecule has 0 aliphatic carbocycles. The fourth-order valence-corrected chi connectivity index (χ4v) is 1.57. The van der Waals surface area contributed by atoms with E-state index in [1.165, 1.54) is 23.4 Å². The summed E-state index contributed by atoms with van der Waals surface area (Å²) in [5.74, 6) is -0.218. The van der Waals surface area contributed by atoms with Gasteiger partial charge in [-0.25, -0.2) is 4.98 Å². The summed E-state index contributed by atoms with van der Waals surface area (Å²) < 4.78 is 1.57. The van der Waals surface area contributed by atoms with Crippen molar-refractivity contribution in [2.45, 2.75) is 0 Å². The monoisotopic (exact) mass is 260 g/mol. The van der Waals surface area contributed by atoms with E-state index in [-0.39, 0.29) is 17.3 Å². The number of imidazole rings is 1. The van der Waals surface area contributed by atoms with Gasteiger partial charge in [0, 0.05) is 32.4 Å². The number of carbonyl (C=O) groups excluding carboxylic acids is 1. The fraction of sp³-hybridized carbons (Fsp3) is 0.167. The number of hydrogen-bond donors (Lipinski definition) is 0. The summed E-state index contributed by atoms with van der Waals surface area (Å²) in [5.41, 5.74) is 0.864. The third-order valence-corrected chi connectivity index (χ3v) is 2.55. The molecule has 7 nitrogen and oxygen atoms in total. The molecule has 1 heterocycles. The minimum absolute atomic E-state index is 0.00770. The van der Waals surface area contributed by atoms with Gasteiger partial charge in [0.25, 0.3) is 11.6 Å². The molecule has 0 bridgehead atoms. The van der Waals surface area contributed by atoms with Crippen molar-refractivity contribution < 1.29 is 9.72 Å². The number of hydrogen-bond acceptors (Lipinski definition) is 4. The molecule has 0 radical (unpaired) electrons. The van der Waals surface area contributed by atoms with Crippen LogP contribution in [0.25, 0.3) is 5.69 Å². The Morgan fingerprint density at radius 3 is 2.79 bits per heavy atom. The third kappa shape index (κ3) is 2.59.